The quantitative estimate of drug-likeness (QED) is 0.250. The molecule has 3 aromatic carbocycles. The van der Waals surface area contributed by atoms with E-state index in [0.29, 0.717) is 5.75 Å². The molecule has 0 spiro atoms. The highest BCUT2D eigenvalue weighted by Gasteiger charge is 2.42. The number of aromatic hydroxyl groups is 1. The van der Waals surface area contributed by atoms with Crippen LogP contribution >= 0.6 is 11.9 Å². The number of anilines is 3. The van der Waals surface area contributed by atoms with E-state index in [4.69, 9.17) is 4.74 Å². The number of para-hydroxylation sites is 1. The Balaban J connectivity index is 1.88. The Bertz CT molecular complexity index is 1160. The second kappa shape index (κ2) is 12.8. The van der Waals surface area contributed by atoms with E-state index in [-0.39, 0.29) is 5.54 Å². The summed E-state index contributed by atoms with van der Waals surface area (Å²) in [6, 6.07) is 23.3. The van der Waals surface area contributed by atoms with Crippen LogP contribution < -0.4 is 14.5 Å². The van der Waals surface area contributed by atoms with Crippen LogP contribution in [-0.4, -0.2) is 42.7 Å². The molecule has 4 rings (SSSR count). The molecule has 1 N–H and O–H groups in total. The maximum absolute atomic E-state index is 11.0. The third kappa shape index (κ3) is 6.24. The zero-order valence-electron chi connectivity index (χ0n) is 23.6. The smallest absolute Gasteiger partial charge is 0.140 e. The predicted octanol–water partition coefficient (Wildman–Crippen LogP) is 8.25. The van der Waals surface area contributed by atoms with Crippen molar-refractivity contribution in [1.29, 1.82) is 0 Å². The summed E-state index contributed by atoms with van der Waals surface area (Å²) in [5.41, 5.74) is 4.39. The fourth-order valence-corrected chi connectivity index (χ4v) is 6.65. The highest BCUT2D eigenvalue weighted by atomic mass is 32.2. The van der Waals surface area contributed by atoms with Gasteiger partial charge in [-0.1, -0.05) is 69.9 Å². The standard InChI is InChI=1S/C32H43N3O2S/c1-6-8-19-32(20-9-7-2)24-34(26-13-11-10-12-14-26)29-21-28(33(3)4)30(36)22-31(29)38-35(32)23-25-15-17-27(37-5)18-16-25/h10-18,21-22,36H,6-9,19-20,23-24H2,1-5H3. The number of hydrogen-bond donors (Lipinski definition) is 1. The number of phenols is 1. The monoisotopic (exact) mass is 533 g/mol. The van der Waals surface area contributed by atoms with Crippen LogP contribution in [0.2, 0.25) is 0 Å². The molecule has 5 nitrogen and oxygen atoms in total. The molecule has 0 aromatic heterocycles. The van der Waals surface area contributed by atoms with Gasteiger partial charge in [-0.2, -0.15) is 0 Å². The number of rotatable bonds is 11. The van der Waals surface area contributed by atoms with Crippen LogP contribution in [0.15, 0.2) is 71.6 Å². The Morgan fingerprint density at radius 1 is 0.947 bits per heavy atom. The average molecular weight is 534 g/mol. The summed E-state index contributed by atoms with van der Waals surface area (Å²) in [4.78, 5) is 5.57. The van der Waals surface area contributed by atoms with Gasteiger partial charge >= 0.3 is 0 Å². The first-order chi connectivity index (χ1) is 18.4. The Kier molecular flexibility index (Phi) is 9.50. The number of benzene rings is 3. The Morgan fingerprint density at radius 2 is 1.61 bits per heavy atom. The van der Waals surface area contributed by atoms with Gasteiger partial charge in [0.15, 0.2) is 0 Å². The highest BCUT2D eigenvalue weighted by Crippen LogP contribution is 2.50. The van der Waals surface area contributed by atoms with Crippen molar-refractivity contribution in [2.45, 2.75) is 69.4 Å². The predicted molar refractivity (Wildman–Crippen MR) is 162 cm³/mol. The number of nitrogens with zero attached hydrogens (tertiary/aromatic N) is 3. The van der Waals surface area contributed by atoms with Crippen molar-refractivity contribution in [3.63, 3.8) is 0 Å². The summed E-state index contributed by atoms with van der Waals surface area (Å²) in [5, 5.41) is 11.0. The lowest BCUT2D eigenvalue weighted by molar-refractivity contribution is 0.167. The van der Waals surface area contributed by atoms with Crippen LogP contribution in [-0.2, 0) is 6.54 Å². The first-order valence-electron chi connectivity index (χ1n) is 13.9. The molecular weight excluding hydrogens is 490 g/mol. The van der Waals surface area contributed by atoms with Gasteiger partial charge in [0.1, 0.15) is 11.5 Å². The number of phenolic OH excluding ortho intramolecular Hbond substituents is 1. The molecule has 0 saturated carbocycles. The minimum atomic E-state index is -0.0423. The molecule has 1 aliphatic rings. The molecule has 1 aliphatic heterocycles. The normalized spacial score (nSPS) is 15.1. The number of ether oxygens (including phenoxy) is 1. The molecule has 204 valence electrons. The molecule has 0 unspecified atom stereocenters. The fourth-order valence-electron chi connectivity index (χ4n) is 5.34. The van der Waals surface area contributed by atoms with Crippen molar-refractivity contribution in [1.82, 2.24) is 4.31 Å². The van der Waals surface area contributed by atoms with Crippen LogP contribution in [0.4, 0.5) is 17.1 Å². The van der Waals surface area contributed by atoms with Crippen molar-refractivity contribution in [2.75, 3.05) is 37.5 Å². The van der Waals surface area contributed by atoms with E-state index in [0.717, 1.165) is 48.0 Å². The molecular formula is C32H43N3O2S. The van der Waals surface area contributed by atoms with Crippen molar-refractivity contribution in [3.05, 3.63) is 72.3 Å². The number of hydrogen-bond acceptors (Lipinski definition) is 6. The van der Waals surface area contributed by atoms with E-state index in [2.05, 4.69) is 83.7 Å². The zero-order chi connectivity index (χ0) is 27.1. The van der Waals surface area contributed by atoms with Gasteiger partial charge in [0.2, 0.25) is 0 Å². The average Bonchev–Trinajstić information content (AvgIpc) is 3.05. The van der Waals surface area contributed by atoms with Crippen molar-refractivity contribution >= 4 is 29.0 Å². The third-order valence-electron chi connectivity index (χ3n) is 7.56. The molecule has 0 fully saturated rings. The lowest BCUT2D eigenvalue weighted by Gasteiger charge is -2.44. The second-order valence-corrected chi connectivity index (χ2v) is 11.6. The Hall–Kier alpha value is -2.83. The molecule has 0 radical (unpaired) electrons. The van der Waals surface area contributed by atoms with Crippen LogP contribution in [0.1, 0.15) is 57.9 Å². The lowest BCUT2D eigenvalue weighted by atomic mass is 9.85. The molecule has 38 heavy (non-hydrogen) atoms. The van der Waals surface area contributed by atoms with E-state index < -0.39 is 0 Å². The highest BCUT2D eigenvalue weighted by molar-refractivity contribution is 7.97. The van der Waals surface area contributed by atoms with Crippen LogP contribution in [0.25, 0.3) is 0 Å². The van der Waals surface area contributed by atoms with Gasteiger partial charge in [-0.25, -0.2) is 4.31 Å². The van der Waals surface area contributed by atoms with Crippen molar-refractivity contribution in [2.24, 2.45) is 0 Å². The van der Waals surface area contributed by atoms with Crippen molar-refractivity contribution < 1.29 is 9.84 Å². The molecule has 0 atom stereocenters. The van der Waals surface area contributed by atoms with Crippen LogP contribution in [0, 0.1) is 0 Å². The summed E-state index contributed by atoms with van der Waals surface area (Å²) in [7, 11) is 5.69. The SMILES string of the molecule is CCCCC1(CCCC)CN(c2ccccc2)c2cc(N(C)C)c(O)cc2SN1Cc1ccc(OC)cc1. The minimum absolute atomic E-state index is 0.0423. The Labute approximate surface area is 233 Å². The molecule has 1 heterocycles. The number of fused-ring (bicyclic) bond motifs is 1. The molecule has 0 bridgehead atoms. The lowest BCUT2D eigenvalue weighted by Crippen LogP contribution is -2.51. The van der Waals surface area contributed by atoms with E-state index in [9.17, 15) is 5.11 Å². The molecule has 6 heteroatoms. The second-order valence-electron chi connectivity index (χ2n) is 10.5. The van der Waals surface area contributed by atoms with Gasteiger partial charge in [0.25, 0.3) is 0 Å². The van der Waals surface area contributed by atoms with Crippen LogP contribution in [0.3, 0.4) is 0 Å². The first-order valence-corrected chi connectivity index (χ1v) is 14.6. The van der Waals surface area contributed by atoms with E-state index in [1.54, 1.807) is 19.1 Å². The molecule has 0 amide bonds. The molecule has 3 aromatic rings. The van der Waals surface area contributed by atoms with Gasteiger partial charge < -0.3 is 19.6 Å². The summed E-state index contributed by atoms with van der Waals surface area (Å²) < 4.78 is 8.04. The zero-order valence-corrected chi connectivity index (χ0v) is 24.4. The molecule has 0 aliphatic carbocycles. The first kappa shape index (κ1) is 28.2. The number of methoxy groups -OCH3 is 1. The van der Waals surface area contributed by atoms with E-state index in [1.807, 2.05) is 25.1 Å². The van der Waals surface area contributed by atoms with E-state index >= 15 is 0 Å². The summed E-state index contributed by atoms with van der Waals surface area (Å²) in [5.74, 6) is 1.19. The minimum Gasteiger partial charge on any atom is -0.506 e. The van der Waals surface area contributed by atoms with Gasteiger partial charge in [0, 0.05) is 38.4 Å². The van der Waals surface area contributed by atoms with Gasteiger partial charge in [-0.3, -0.25) is 0 Å². The topological polar surface area (TPSA) is 39.2 Å². The Morgan fingerprint density at radius 3 is 2.18 bits per heavy atom. The summed E-state index contributed by atoms with van der Waals surface area (Å²) >= 11 is 1.81. The van der Waals surface area contributed by atoms with Crippen molar-refractivity contribution in [3.8, 4) is 11.5 Å². The largest absolute Gasteiger partial charge is 0.506 e. The summed E-state index contributed by atoms with van der Waals surface area (Å²) in [6.07, 6.45) is 6.93. The van der Waals surface area contributed by atoms with Gasteiger partial charge in [0.05, 0.1) is 23.4 Å². The van der Waals surface area contributed by atoms with Gasteiger partial charge in [-0.15, -0.1) is 0 Å². The summed E-state index contributed by atoms with van der Waals surface area (Å²) in [6.45, 7) is 6.29. The molecule has 0 saturated heterocycles. The van der Waals surface area contributed by atoms with Crippen LogP contribution in [0.5, 0.6) is 11.5 Å². The maximum Gasteiger partial charge on any atom is 0.140 e. The fraction of sp³-hybridized carbons (Fsp3) is 0.438. The van der Waals surface area contributed by atoms with E-state index in [1.165, 1.54) is 36.9 Å². The van der Waals surface area contributed by atoms with Gasteiger partial charge in [-0.05, 0) is 66.8 Å². The third-order valence-corrected chi connectivity index (χ3v) is 8.82. The maximum atomic E-state index is 11.0. The number of unbranched alkanes of at least 4 members (excludes halogenated alkanes) is 2.